The first-order valence-electron chi connectivity index (χ1n) is 8.20. The fourth-order valence-corrected chi connectivity index (χ4v) is 4.17. The van der Waals surface area contributed by atoms with Crippen LogP contribution in [0.3, 0.4) is 0 Å². The molecule has 0 radical (unpaired) electrons. The van der Waals surface area contributed by atoms with E-state index in [2.05, 4.69) is 41.7 Å². The Bertz CT molecular complexity index is 760. The highest BCUT2D eigenvalue weighted by Crippen LogP contribution is 2.45. The Morgan fingerprint density at radius 1 is 0.913 bits per heavy atom. The highest BCUT2D eigenvalue weighted by Gasteiger charge is 2.29. The second-order valence-electron chi connectivity index (χ2n) is 6.38. The Hall–Kier alpha value is -1.28. The summed E-state index contributed by atoms with van der Waals surface area (Å²) in [6.07, 6.45) is 4.88. The second-order valence-corrected chi connectivity index (χ2v) is 7.20. The third-order valence-electron chi connectivity index (χ3n) is 5.03. The van der Waals surface area contributed by atoms with Crippen molar-refractivity contribution in [2.45, 2.75) is 18.8 Å². The van der Waals surface area contributed by atoms with E-state index in [1.807, 2.05) is 12.1 Å². The first-order valence-corrected chi connectivity index (χ1v) is 8.96. The molecule has 1 aliphatic heterocycles. The van der Waals surface area contributed by atoms with E-state index in [1.165, 1.54) is 35.1 Å². The average Bonchev–Trinajstić information content (AvgIpc) is 2.98. The van der Waals surface area contributed by atoms with Gasteiger partial charge >= 0.3 is 0 Å². The lowest BCUT2D eigenvalue weighted by molar-refractivity contribution is 0.447. The molecule has 0 spiro atoms. The van der Waals surface area contributed by atoms with Crippen LogP contribution in [-0.4, -0.2) is 13.1 Å². The summed E-state index contributed by atoms with van der Waals surface area (Å²) < 4.78 is 0. The number of nitrogens with one attached hydrogen (secondary N) is 1. The van der Waals surface area contributed by atoms with Crippen molar-refractivity contribution in [1.82, 2.24) is 5.32 Å². The minimum atomic E-state index is 0.283. The SMILES string of the molecule is Clc1ccc(C2C=C(C3CCNCC3)c3ccccc32)cc1Cl. The first kappa shape index (κ1) is 15.3. The van der Waals surface area contributed by atoms with E-state index in [9.17, 15) is 0 Å². The molecule has 0 bridgehead atoms. The van der Waals surface area contributed by atoms with Crippen molar-refractivity contribution in [2.75, 3.05) is 13.1 Å². The van der Waals surface area contributed by atoms with Crippen molar-refractivity contribution in [3.63, 3.8) is 0 Å². The van der Waals surface area contributed by atoms with Gasteiger partial charge in [-0.1, -0.05) is 59.6 Å². The molecule has 1 N–H and O–H groups in total. The van der Waals surface area contributed by atoms with Crippen LogP contribution in [0.5, 0.6) is 0 Å². The largest absolute Gasteiger partial charge is 0.317 e. The molecule has 2 aromatic carbocycles. The zero-order valence-corrected chi connectivity index (χ0v) is 14.4. The van der Waals surface area contributed by atoms with Crippen LogP contribution in [0.25, 0.3) is 5.57 Å². The monoisotopic (exact) mass is 343 g/mol. The lowest BCUT2D eigenvalue weighted by Crippen LogP contribution is -2.28. The van der Waals surface area contributed by atoms with Gasteiger partial charge in [-0.05, 0) is 66.2 Å². The van der Waals surface area contributed by atoms with Gasteiger partial charge in [0.1, 0.15) is 0 Å². The summed E-state index contributed by atoms with van der Waals surface area (Å²) in [7, 11) is 0. The van der Waals surface area contributed by atoms with E-state index in [0.29, 0.717) is 16.0 Å². The van der Waals surface area contributed by atoms with Gasteiger partial charge in [0, 0.05) is 5.92 Å². The summed E-state index contributed by atoms with van der Waals surface area (Å²) in [5.74, 6) is 0.941. The molecule has 1 saturated heterocycles. The molecule has 1 fully saturated rings. The highest BCUT2D eigenvalue weighted by molar-refractivity contribution is 6.42. The maximum absolute atomic E-state index is 6.24. The number of fused-ring (bicyclic) bond motifs is 1. The third-order valence-corrected chi connectivity index (χ3v) is 5.77. The molecule has 4 rings (SSSR count). The van der Waals surface area contributed by atoms with E-state index in [4.69, 9.17) is 23.2 Å². The number of hydrogen-bond donors (Lipinski definition) is 1. The number of halogens is 2. The van der Waals surface area contributed by atoms with Crippen LogP contribution in [0.4, 0.5) is 0 Å². The minimum Gasteiger partial charge on any atom is -0.317 e. The van der Waals surface area contributed by atoms with Crippen LogP contribution in [0.1, 0.15) is 35.4 Å². The molecule has 1 nitrogen and oxygen atoms in total. The van der Waals surface area contributed by atoms with E-state index in [-0.39, 0.29) is 5.92 Å². The van der Waals surface area contributed by atoms with Crippen molar-refractivity contribution < 1.29 is 0 Å². The summed E-state index contributed by atoms with van der Waals surface area (Å²) >= 11 is 12.3. The molecule has 2 aliphatic rings. The number of allylic oxidation sites excluding steroid dienone is 2. The third kappa shape index (κ3) is 2.82. The molecule has 1 aliphatic carbocycles. The zero-order chi connectivity index (χ0) is 15.8. The smallest absolute Gasteiger partial charge is 0.0595 e. The fraction of sp³-hybridized carbons (Fsp3) is 0.300. The zero-order valence-electron chi connectivity index (χ0n) is 12.9. The summed E-state index contributed by atoms with van der Waals surface area (Å²) in [5, 5.41) is 4.70. The summed E-state index contributed by atoms with van der Waals surface area (Å²) in [4.78, 5) is 0. The van der Waals surface area contributed by atoms with E-state index >= 15 is 0 Å². The molecule has 3 heteroatoms. The normalized spacial score (nSPS) is 21.1. The Morgan fingerprint density at radius 2 is 1.70 bits per heavy atom. The van der Waals surface area contributed by atoms with Crippen LogP contribution in [0, 0.1) is 5.92 Å². The summed E-state index contributed by atoms with van der Waals surface area (Å²) in [5.41, 5.74) is 5.53. The first-order chi connectivity index (χ1) is 11.2. The number of benzene rings is 2. The molecule has 118 valence electrons. The van der Waals surface area contributed by atoms with Crippen LogP contribution < -0.4 is 5.32 Å². The molecular weight excluding hydrogens is 325 g/mol. The van der Waals surface area contributed by atoms with Gasteiger partial charge in [0.15, 0.2) is 0 Å². The highest BCUT2D eigenvalue weighted by atomic mass is 35.5. The topological polar surface area (TPSA) is 12.0 Å². The van der Waals surface area contributed by atoms with E-state index in [0.717, 1.165) is 13.1 Å². The Labute approximate surface area is 147 Å². The summed E-state index contributed by atoms with van der Waals surface area (Å²) in [6.45, 7) is 2.23. The average molecular weight is 344 g/mol. The number of rotatable bonds is 2. The molecular formula is C20H19Cl2N. The molecule has 0 aromatic heterocycles. The van der Waals surface area contributed by atoms with Crippen molar-refractivity contribution in [3.05, 3.63) is 75.3 Å². The molecule has 1 unspecified atom stereocenters. The molecule has 2 aromatic rings. The molecule has 0 amide bonds. The molecule has 1 atom stereocenters. The quantitative estimate of drug-likeness (QED) is 0.756. The minimum absolute atomic E-state index is 0.283. The predicted octanol–water partition coefficient (Wildman–Crippen LogP) is 5.52. The Kier molecular flexibility index (Phi) is 4.19. The van der Waals surface area contributed by atoms with Crippen molar-refractivity contribution in [3.8, 4) is 0 Å². The van der Waals surface area contributed by atoms with Crippen LogP contribution in [0.15, 0.2) is 48.5 Å². The second kappa shape index (κ2) is 6.32. The molecule has 0 saturated carbocycles. The van der Waals surface area contributed by atoms with Gasteiger partial charge in [0.2, 0.25) is 0 Å². The van der Waals surface area contributed by atoms with Crippen LogP contribution in [-0.2, 0) is 0 Å². The van der Waals surface area contributed by atoms with Gasteiger partial charge in [0.05, 0.1) is 10.0 Å². The van der Waals surface area contributed by atoms with Gasteiger partial charge < -0.3 is 5.32 Å². The van der Waals surface area contributed by atoms with Gasteiger partial charge in [-0.25, -0.2) is 0 Å². The van der Waals surface area contributed by atoms with Gasteiger partial charge in [-0.2, -0.15) is 0 Å². The van der Waals surface area contributed by atoms with Crippen molar-refractivity contribution >= 4 is 28.8 Å². The predicted molar refractivity (Wildman–Crippen MR) is 98.3 cm³/mol. The van der Waals surface area contributed by atoms with Gasteiger partial charge in [0.25, 0.3) is 0 Å². The number of piperidine rings is 1. The Balaban J connectivity index is 1.77. The van der Waals surface area contributed by atoms with E-state index in [1.54, 1.807) is 0 Å². The number of hydrogen-bond acceptors (Lipinski definition) is 1. The fourth-order valence-electron chi connectivity index (χ4n) is 3.86. The summed E-state index contributed by atoms with van der Waals surface area (Å²) in [6, 6.07) is 14.8. The van der Waals surface area contributed by atoms with Crippen LogP contribution in [0.2, 0.25) is 10.0 Å². The van der Waals surface area contributed by atoms with E-state index < -0.39 is 0 Å². The van der Waals surface area contributed by atoms with Crippen molar-refractivity contribution in [1.29, 1.82) is 0 Å². The van der Waals surface area contributed by atoms with Crippen LogP contribution >= 0.6 is 23.2 Å². The standard InChI is InChI=1S/C20H19Cl2N/c21-19-6-5-14(11-20(19)22)18-12-17(13-7-9-23-10-8-13)15-3-1-2-4-16(15)18/h1-6,11-13,18,23H,7-10H2. The molecule has 23 heavy (non-hydrogen) atoms. The van der Waals surface area contributed by atoms with Gasteiger partial charge in [-0.3, -0.25) is 0 Å². The Morgan fingerprint density at radius 3 is 2.48 bits per heavy atom. The van der Waals surface area contributed by atoms with Gasteiger partial charge in [-0.15, -0.1) is 0 Å². The maximum atomic E-state index is 6.24. The lowest BCUT2D eigenvalue weighted by Gasteiger charge is -2.24. The maximum Gasteiger partial charge on any atom is 0.0595 e. The van der Waals surface area contributed by atoms with Crippen molar-refractivity contribution in [2.24, 2.45) is 5.92 Å². The lowest BCUT2D eigenvalue weighted by atomic mass is 9.87. The molecule has 1 heterocycles.